The Hall–Kier alpha value is 2.55. The van der Waals surface area contributed by atoms with Crippen LogP contribution >= 0.6 is 22.6 Å². The van der Waals surface area contributed by atoms with Crippen molar-refractivity contribution in [2.45, 2.75) is 285 Å². The van der Waals surface area contributed by atoms with Crippen LogP contribution in [0.3, 0.4) is 0 Å². The van der Waals surface area contributed by atoms with E-state index in [2.05, 4.69) is 51.5 Å². The molecule has 74 radical (unpaired) electrons. The van der Waals surface area contributed by atoms with Crippen LogP contribution in [0.1, 0.15) is 255 Å². The number of ether oxygens (including phenoxy) is 7. The van der Waals surface area contributed by atoms with Crippen LogP contribution in [0.25, 0.3) is 0 Å². The molecule has 0 aromatic heterocycles. The Morgan fingerprint density at radius 2 is 0.652 bits per heavy atom. The molecule has 141 heavy (non-hydrogen) atoms. The summed E-state index contributed by atoms with van der Waals surface area (Å²) < 4.78 is 39.7. The lowest BCUT2D eigenvalue weighted by Gasteiger charge is -2.40. The lowest BCUT2D eigenvalue weighted by molar-refractivity contribution is -0.163. The number of fused-ring (bicyclic) bond motifs is 2. The molecule has 0 aliphatic carbocycles. The van der Waals surface area contributed by atoms with Gasteiger partial charge in [-0.15, -0.1) is 6.58 Å². The number of esters is 3. The molecule has 4 fully saturated rings. The van der Waals surface area contributed by atoms with E-state index in [1.54, 1.807) is 0 Å². The summed E-state index contributed by atoms with van der Waals surface area (Å²) in [4.78, 5) is 35.1. The molecule has 4 heterocycles. The van der Waals surface area contributed by atoms with Gasteiger partial charge in [-0.05, 0) is 188 Å². The number of carbonyl (C=O) groups is 3. The molecule has 4 saturated heterocycles. The van der Waals surface area contributed by atoms with Crippen molar-refractivity contribution >= 4 is 519 Å². The Bertz CT molecular complexity index is 3000. The Labute approximate surface area is 940 Å². The fraction of sp³-hybridized carbons (Fsp3) is 0.857. The molecular formula is C63H114B67IO10. The summed E-state index contributed by atoms with van der Waals surface area (Å²) in [7, 11) is 205. The van der Waals surface area contributed by atoms with E-state index in [4.69, 9.17) is 312 Å². The van der Waals surface area contributed by atoms with Gasteiger partial charge in [-0.3, -0.25) is 14.4 Å². The quantitative estimate of drug-likeness (QED) is 0.0146. The fourth-order valence-corrected chi connectivity index (χ4v) is 18.7. The molecule has 0 spiro atoms. The third kappa shape index (κ3) is 67.3. The second kappa shape index (κ2) is 87.6. The molecule has 2 unspecified atom stereocenters. The lowest BCUT2D eigenvalue weighted by atomic mass is 8.41. The van der Waals surface area contributed by atoms with Gasteiger partial charge in [0.2, 0.25) is 0 Å². The average Bonchev–Trinajstić information content (AvgIpc) is 0.814. The third-order valence-electron chi connectivity index (χ3n) is 26.5. The van der Waals surface area contributed by atoms with Crippen molar-refractivity contribution in [3.8, 4) is 0 Å². The Kier molecular flexibility index (Phi) is 93.1. The van der Waals surface area contributed by atoms with Crippen LogP contribution in [0.15, 0.2) is 35.0 Å². The molecule has 2 bridgehead atoms. The number of rotatable bonds is 60. The minimum absolute atomic E-state index is 0.0307. The third-order valence-corrected chi connectivity index (χ3v) is 27.0. The van der Waals surface area contributed by atoms with E-state index >= 15 is 0 Å². The molecule has 4 aliphatic heterocycles. The van der Waals surface area contributed by atoms with Crippen LogP contribution < -0.4 is 0 Å². The van der Waals surface area contributed by atoms with Gasteiger partial charge in [-0.1, -0.05) is 135 Å². The summed E-state index contributed by atoms with van der Waals surface area (Å²) in [6, 6.07) is 0. The second-order valence-corrected chi connectivity index (χ2v) is 40.7. The summed E-state index contributed by atoms with van der Waals surface area (Å²) in [5.74, 6) is 1.89. The zero-order chi connectivity index (χ0) is 109. The van der Waals surface area contributed by atoms with Crippen molar-refractivity contribution in [1.29, 1.82) is 0 Å². The minimum Gasteiger partial charge on any atom is -0.466 e. The van der Waals surface area contributed by atoms with Crippen LogP contribution in [0.5, 0.6) is 0 Å². The summed E-state index contributed by atoms with van der Waals surface area (Å²) >= 11 is 2.25. The second-order valence-electron chi connectivity index (χ2n) is 39.9. The zero-order valence-electron chi connectivity index (χ0n) is 87.9. The highest BCUT2D eigenvalue weighted by Gasteiger charge is 2.46. The number of unbranched alkanes of at least 4 members (excludes halogenated alkanes) is 10. The molecule has 0 amide bonds. The molecule has 634 valence electrons. The van der Waals surface area contributed by atoms with E-state index in [0.717, 1.165) is 135 Å². The smallest absolute Gasteiger partial charge is 0.311 e. The minimum atomic E-state index is -0.853. The van der Waals surface area contributed by atoms with Gasteiger partial charge in [0, 0.05) is 498 Å². The molecule has 10 nitrogen and oxygen atoms in total. The highest BCUT2D eigenvalue weighted by Crippen LogP contribution is 2.48. The maximum absolute atomic E-state index is 11.9. The lowest BCUT2D eigenvalue weighted by Crippen LogP contribution is -2.78. The number of hydrogen-bond donors (Lipinski definition) is 0. The van der Waals surface area contributed by atoms with Gasteiger partial charge in [-0.25, -0.2) is 0 Å². The largest absolute Gasteiger partial charge is 0.466 e. The van der Waals surface area contributed by atoms with Gasteiger partial charge in [0.05, 0.1) is 36.1 Å². The van der Waals surface area contributed by atoms with Crippen LogP contribution in [0.4, 0.5) is 0 Å². The molecule has 0 aromatic rings. The van der Waals surface area contributed by atoms with Crippen molar-refractivity contribution in [3.05, 3.63) is 35.0 Å². The van der Waals surface area contributed by atoms with E-state index in [1.165, 1.54) is 123 Å². The molecule has 78 heteroatoms. The Balaban J connectivity index is -0.000000768. The van der Waals surface area contributed by atoms with E-state index < -0.39 is 179 Å². The number of halogens is 1. The summed E-state index contributed by atoms with van der Waals surface area (Å²) in [5.41, 5.74) is -1.01. The number of allylic oxidation sites excluding steroid dienone is 4. The van der Waals surface area contributed by atoms with E-state index in [0.29, 0.717) is 19.8 Å². The Morgan fingerprint density at radius 3 is 0.936 bits per heavy atom. The SMILES string of the molecule is C=CCCCC(C)(C)C(=O)OCC.CCOC(=O)C(C)(C)CCCCC/C=C/CCCCOC1CCCCO1.CCOC(=O)C(C)(C)CCCCCB1C2CCCC1CCC2.I/C=C/CCCCOC1CCCCO1.[B]B([B])B(B([B])[B])B(B([B])[B])B(B([B])[B])B([B])[B].[B]B([B])B([B])B(B([B])[B])B(B([B])[B])B([B])[B].[B][B]B(B([B])[B])B(B([B])[B])B(B([B])[B])B([B])[B].[B][B]B([B])B(B([B])[B])B(B([B])[B])B([B])[B]. The first kappa shape index (κ1) is 150. The molecule has 0 saturated carbocycles. The summed E-state index contributed by atoms with van der Waals surface area (Å²) in [6.07, 6.45) is 26.7. The molecule has 2 atom stereocenters. The van der Waals surface area contributed by atoms with Gasteiger partial charge in [0.15, 0.2) is 12.6 Å². The van der Waals surface area contributed by atoms with Gasteiger partial charge < -0.3 is 33.2 Å². The summed E-state index contributed by atoms with van der Waals surface area (Å²) in [5, 5.41) is 0. The van der Waals surface area contributed by atoms with Gasteiger partial charge in [-0.2, -0.15) is 0 Å². The van der Waals surface area contributed by atoms with Crippen molar-refractivity contribution in [3.63, 3.8) is 0 Å². The van der Waals surface area contributed by atoms with E-state index in [9.17, 15) is 14.4 Å². The Morgan fingerprint density at radius 1 is 0.348 bits per heavy atom. The zero-order valence-corrected chi connectivity index (χ0v) is 90.1. The first-order valence-electron chi connectivity index (χ1n) is 51.2. The number of hydrogen-bond acceptors (Lipinski definition) is 10. The monoisotopic (exact) mass is 1900 g/mol. The van der Waals surface area contributed by atoms with Crippen molar-refractivity contribution < 1.29 is 47.5 Å². The van der Waals surface area contributed by atoms with Crippen molar-refractivity contribution in [2.24, 2.45) is 16.2 Å². The molecule has 0 aromatic carbocycles. The van der Waals surface area contributed by atoms with Gasteiger partial charge >= 0.3 is 17.9 Å². The first-order valence-corrected chi connectivity index (χ1v) is 52.5. The summed E-state index contributed by atoms with van der Waals surface area (Å²) in [6.45, 7) is 26.9. The highest BCUT2D eigenvalue weighted by molar-refractivity contribution is 14.1. The van der Waals surface area contributed by atoms with Gasteiger partial charge in [0.25, 0.3) is 0 Å². The van der Waals surface area contributed by atoms with Crippen LogP contribution in [0.2, 0.25) is 18.0 Å². The maximum atomic E-state index is 11.9. The predicted molar refractivity (Wildman–Crippen MR) is 701 cm³/mol. The van der Waals surface area contributed by atoms with Gasteiger partial charge in [0.1, 0.15) is 6.71 Å². The topological polar surface area (TPSA) is 116 Å². The number of carbonyl (C=O) groups excluding carboxylic acids is 3. The standard InChI is InChI=1S/C22H40O4.C19H35BO2.C11H19IO2.C11H20O2.B18.B17.B16.B15/c1-4-24-21(23)22(2,3)17-13-10-8-6-5-7-9-11-14-18-25-20-16-12-15-19-26-20;1-4-22-18(21)19(2,3)14-6-5-7-15-20-16-10-8-11-17(20)13-9-12-16;12-8-4-1-2-5-9-13-11-7-3-6-10-14-11;1-5-7-8-9-11(3,4)10(12)13-6-2;1-11(2)16(12(3)4)18(15(9)10)17(13(5)6)14(7)8;1-10-15(11(2)3)17(14(8)9)16(12(4)5)13(6)7;1-10(2)14(9)16(13(7)8)15(11(3)4)12(5)6;1-9-13(8)15(12(6)7)14(10(2)3)11(4)5/h5,7,20H,4,6,8-19H2,1-3H3;16-17H,4-15H2,1-3H3;4,8,11H,1-3,5-7,9-10H2;5H,1,6-9H2,2-4H3;;;;/b7-5+;;8-4+;;;;;. The average molecular weight is 1880 g/mol. The van der Waals surface area contributed by atoms with Crippen LogP contribution in [-0.2, 0) is 47.5 Å². The van der Waals surface area contributed by atoms with E-state index in [1.807, 2.05) is 68.4 Å². The predicted octanol–water partition coefficient (Wildman–Crippen LogP) is -7.02. The molecule has 4 aliphatic rings. The molecular weight excluding hydrogens is 1770 g/mol. The maximum Gasteiger partial charge on any atom is 0.311 e. The molecule has 0 N–H and O–H groups in total. The normalized spacial score (nSPS) is 14.8. The van der Waals surface area contributed by atoms with Crippen LogP contribution in [-0.4, -0.2) is 555 Å². The van der Waals surface area contributed by atoms with Crippen LogP contribution in [0, 0.1) is 16.2 Å². The fourth-order valence-electron chi connectivity index (χ4n) is 18.4. The van der Waals surface area contributed by atoms with Crippen molar-refractivity contribution in [2.75, 3.05) is 46.2 Å². The van der Waals surface area contributed by atoms with E-state index in [-0.39, 0.29) is 46.7 Å². The highest BCUT2D eigenvalue weighted by atomic mass is 127. The first-order chi connectivity index (χ1) is 65.9. The molecule has 4 rings (SSSR count). The van der Waals surface area contributed by atoms with Crippen molar-refractivity contribution in [1.82, 2.24) is 0 Å².